The molecule has 2 fully saturated rings. The summed E-state index contributed by atoms with van der Waals surface area (Å²) in [5.74, 6) is -0.811. The van der Waals surface area contributed by atoms with Gasteiger partial charge in [0.15, 0.2) is 0 Å². The number of hydrogen-bond donors (Lipinski definition) is 1. The van der Waals surface area contributed by atoms with Gasteiger partial charge in [0.25, 0.3) is 0 Å². The highest BCUT2D eigenvalue weighted by atomic mass is 19.1. The van der Waals surface area contributed by atoms with Gasteiger partial charge in [-0.15, -0.1) is 0 Å². The summed E-state index contributed by atoms with van der Waals surface area (Å²) in [7, 11) is 0. The number of carbonyl (C=O) groups excluding carboxylic acids is 3. The molecular weight excluding hydrogens is 409 g/mol. The molecule has 1 aliphatic carbocycles. The number of benzene rings is 2. The van der Waals surface area contributed by atoms with Crippen molar-refractivity contribution in [1.29, 1.82) is 0 Å². The molecule has 2 heterocycles. The number of nitrogens with one attached hydrogen (secondary N) is 1. The van der Waals surface area contributed by atoms with Crippen molar-refractivity contribution >= 4 is 29.1 Å². The minimum atomic E-state index is -0.473. The van der Waals surface area contributed by atoms with Gasteiger partial charge in [0, 0.05) is 48.9 Å². The minimum absolute atomic E-state index is 0.0971. The number of rotatable bonds is 5. The molecular formula is C25H26FN3O3. The van der Waals surface area contributed by atoms with Crippen molar-refractivity contribution in [2.75, 3.05) is 22.9 Å². The Bertz CT molecular complexity index is 1080. The number of carbonyl (C=O) groups is 3. The van der Waals surface area contributed by atoms with Crippen molar-refractivity contribution in [3.63, 3.8) is 0 Å². The molecule has 2 aromatic rings. The first-order valence-electron chi connectivity index (χ1n) is 11.3. The molecule has 1 atom stereocenters. The van der Waals surface area contributed by atoms with Gasteiger partial charge in [-0.3, -0.25) is 14.4 Å². The maximum Gasteiger partial charge on any atom is 0.230 e. The van der Waals surface area contributed by atoms with Crippen LogP contribution in [0.5, 0.6) is 0 Å². The van der Waals surface area contributed by atoms with E-state index in [1.165, 1.54) is 6.07 Å². The maximum atomic E-state index is 13.8. The zero-order valence-electron chi connectivity index (χ0n) is 17.9. The van der Waals surface area contributed by atoms with Gasteiger partial charge in [-0.1, -0.05) is 24.6 Å². The predicted octanol–water partition coefficient (Wildman–Crippen LogP) is 3.18. The summed E-state index contributed by atoms with van der Waals surface area (Å²) in [5.41, 5.74) is 3.18. The number of nitrogens with zero attached hydrogens (tertiary/aromatic N) is 2. The highest BCUT2D eigenvalue weighted by molar-refractivity contribution is 6.01. The standard InChI is InChI=1S/C25H26FN3O3/c26-21-7-2-1-4-18(21)14-27-24(31)19-13-23(30)29(15-19)20-8-9-22-17(12-20)10-11-28(22)25(32)16-5-3-6-16/h1-2,4,7-9,12,16,19H,3,5-6,10-11,13-15H2,(H,27,31)/t19-/m1/s1. The van der Waals surface area contributed by atoms with Crippen LogP contribution in [0.15, 0.2) is 42.5 Å². The normalized spacial score (nSPS) is 20.3. The Hall–Kier alpha value is -3.22. The molecule has 0 bridgehead atoms. The monoisotopic (exact) mass is 435 g/mol. The molecule has 1 saturated heterocycles. The van der Waals surface area contributed by atoms with Crippen LogP contribution in [0.25, 0.3) is 0 Å². The zero-order valence-corrected chi connectivity index (χ0v) is 17.9. The van der Waals surface area contributed by atoms with E-state index in [1.54, 1.807) is 23.1 Å². The van der Waals surface area contributed by atoms with E-state index in [-0.39, 0.29) is 42.4 Å². The summed E-state index contributed by atoms with van der Waals surface area (Å²) in [5, 5.41) is 2.75. The first kappa shape index (κ1) is 20.7. The summed E-state index contributed by atoms with van der Waals surface area (Å²) in [6, 6.07) is 12.1. The van der Waals surface area contributed by atoms with E-state index in [9.17, 15) is 18.8 Å². The van der Waals surface area contributed by atoms with Crippen LogP contribution in [0.1, 0.15) is 36.8 Å². The molecule has 1 saturated carbocycles. The lowest BCUT2D eigenvalue weighted by molar-refractivity contribution is -0.126. The summed E-state index contributed by atoms with van der Waals surface area (Å²) < 4.78 is 13.8. The average molecular weight is 435 g/mol. The molecule has 2 aliphatic heterocycles. The van der Waals surface area contributed by atoms with Crippen LogP contribution >= 0.6 is 0 Å². The van der Waals surface area contributed by atoms with Crippen molar-refractivity contribution in [3.05, 3.63) is 59.4 Å². The highest BCUT2D eigenvalue weighted by Gasteiger charge is 2.37. The second kappa shape index (κ2) is 8.37. The predicted molar refractivity (Wildman–Crippen MR) is 119 cm³/mol. The molecule has 1 N–H and O–H groups in total. The van der Waals surface area contributed by atoms with Crippen LogP contribution in [-0.4, -0.2) is 30.8 Å². The quantitative estimate of drug-likeness (QED) is 0.784. The molecule has 0 aromatic heterocycles. The molecule has 32 heavy (non-hydrogen) atoms. The fourth-order valence-corrected chi connectivity index (χ4v) is 4.76. The largest absolute Gasteiger partial charge is 0.352 e. The second-order valence-corrected chi connectivity index (χ2v) is 8.90. The zero-order chi connectivity index (χ0) is 22.2. The Balaban J connectivity index is 1.24. The lowest BCUT2D eigenvalue weighted by Gasteiger charge is -2.29. The number of anilines is 2. The summed E-state index contributed by atoms with van der Waals surface area (Å²) in [6.45, 7) is 1.08. The van der Waals surface area contributed by atoms with Crippen molar-refractivity contribution in [2.45, 2.75) is 38.6 Å². The molecule has 2 aromatic carbocycles. The van der Waals surface area contributed by atoms with E-state index in [4.69, 9.17) is 0 Å². The van der Waals surface area contributed by atoms with Gasteiger partial charge < -0.3 is 15.1 Å². The van der Waals surface area contributed by atoms with Crippen molar-refractivity contribution in [3.8, 4) is 0 Å². The van der Waals surface area contributed by atoms with E-state index < -0.39 is 5.92 Å². The summed E-state index contributed by atoms with van der Waals surface area (Å²) in [4.78, 5) is 41.5. The Morgan fingerprint density at radius 1 is 1.09 bits per heavy atom. The maximum absolute atomic E-state index is 13.8. The third-order valence-electron chi connectivity index (χ3n) is 6.90. The minimum Gasteiger partial charge on any atom is -0.352 e. The lowest BCUT2D eigenvalue weighted by atomic mass is 9.84. The molecule has 0 radical (unpaired) electrons. The fraction of sp³-hybridized carbons (Fsp3) is 0.400. The van der Waals surface area contributed by atoms with Crippen molar-refractivity contribution < 1.29 is 18.8 Å². The van der Waals surface area contributed by atoms with Gasteiger partial charge in [0.1, 0.15) is 5.82 Å². The van der Waals surface area contributed by atoms with E-state index in [2.05, 4.69) is 5.32 Å². The fourth-order valence-electron chi connectivity index (χ4n) is 4.76. The van der Waals surface area contributed by atoms with Crippen molar-refractivity contribution in [2.24, 2.45) is 11.8 Å². The molecule has 0 unspecified atom stereocenters. The van der Waals surface area contributed by atoms with Crippen LogP contribution < -0.4 is 15.1 Å². The topological polar surface area (TPSA) is 69.7 Å². The molecule has 3 aliphatic rings. The lowest BCUT2D eigenvalue weighted by Crippen LogP contribution is -2.37. The molecule has 7 heteroatoms. The van der Waals surface area contributed by atoms with Gasteiger partial charge >= 0.3 is 0 Å². The Kier molecular flexibility index (Phi) is 5.41. The molecule has 3 amide bonds. The summed E-state index contributed by atoms with van der Waals surface area (Å²) >= 11 is 0. The Labute approximate surface area is 186 Å². The Morgan fingerprint density at radius 3 is 2.66 bits per heavy atom. The van der Waals surface area contributed by atoms with Crippen LogP contribution in [0.2, 0.25) is 0 Å². The van der Waals surface area contributed by atoms with Crippen LogP contribution in [0, 0.1) is 17.7 Å². The van der Waals surface area contributed by atoms with Gasteiger partial charge in [-0.2, -0.15) is 0 Å². The molecule has 6 nitrogen and oxygen atoms in total. The van der Waals surface area contributed by atoms with E-state index in [1.807, 2.05) is 23.1 Å². The summed E-state index contributed by atoms with van der Waals surface area (Å²) in [6.07, 6.45) is 3.99. The first-order chi connectivity index (χ1) is 15.5. The van der Waals surface area contributed by atoms with Crippen LogP contribution in [0.4, 0.5) is 15.8 Å². The van der Waals surface area contributed by atoms with E-state index in [0.717, 1.165) is 42.6 Å². The van der Waals surface area contributed by atoms with Crippen LogP contribution in [-0.2, 0) is 27.3 Å². The van der Waals surface area contributed by atoms with Crippen molar-refractivity contribution in [1.82, 2.24) is 5.32 Å². The van der Waals surface area contributed by atoms with Crippen LogP contribution in [0.3, 0.4) is 0 Å². The average Bonchev–Trinajstić information content (AvgIpc) is 3.34. The third kappa shape index (κ3) is 3.76. The molecule has 166 valence electrons. The highest BCUT2D eigenvalue weighted by Crippen LogP contribution is 2.37. The van der Waals surface area contributed by atoms with E-state index >= 15 is 0 Å². The number of fused-ring (bicyclic) bond motifs is 1. The molecule has 5 rings (SSSR count). The van der Waals surface area contributed by atoms with Gasteiger partial charge in [0.05, 0.1) is 5.92 Å². The SMILES string of the molecule is O=C(NCc1ccccc1F)[C@@H]1CC(=O)N(c2ccc3c(c2)CCN3C(=O)C2CCC2)C1. The number of amides is 3. The van der Waals surface area contributed by atoms with Gasteiger partial charge in [-0.05, 0) is 49.1 Å². The number of halogens is 1. The second-order valence-electron chi connectivity index (χ2n) is 8.90. The number of hydrogen-bond acceptors (Lipinski definition) is 3. The Morgan fingerprint density at radius 2 is 1.91 bits per heavy atom. The first-order valence-corrected chi connectivity index (χ1v) is 11.3. The third-order valence-corrected chi connectivity index (χ3v) is 6.90. The van der Waals surface area contributed by atoms with Gasteiger partial charge in [-0.25, -0.2) is 4.39 Å². The molecule has 0 spiro atoms. The van der Waals surface area contributed by atoms with Gasteiger partial charge in [0.2, 0.25) is 17.7 Å². The smallest absolute Gasteiger partial charge is 0.230 e. The van der Waals surface area contributed by atoms with E-state index in [0.29, 0.717) is 18.7 Å².